The molecular weight excluding hydrogens is 747 g/mol. The van der Waals surface area contributed by atoms with Crippen LogP contribution in [0.1, 0.15) is 50.1 Å². The van der Waals surface area contributed by atoms with E-state index in [1.165, 1.54) is 16.7 Å². The van der Waals surface area contributed by atoms with E-state index in [4.69, 9.17) is 0 Å². The summed E-state index contributed by atoms with van der Waals surface area (Å²) >= 11 is 1.16. The van der Waals surface area contributed by atoms with Gasteiger partial charge in [-0.2, -0.15) is 0 Å². The Bertz CT molecular complexity index is 1360. The Balaban J connectivity index is 1.70. The Morgan fingerprint density at radius 1 is 0.400 bits per heavy atom. The Hall–Kier alpha value is -1.68. The summed E-state index contributed by atoms with van der Waals surface area (Å²) in [7, 11) is 13.0. The van der Waals surface area contributed by atoms with E-state index in [0.29, 0.717) is 44.9 Å². The first-order valence-corrected chi connectivity index (χ1v) is 21.9. The standard InChI is InChI=1S/C39H51N3Se3/c1-28-34(25-43-37-19-13-10-16-31(37)22-40(4)5)29(2)36(27-45-39-21-15-12-18-33(39)24-42(8)9)30(3)35(28)26-44-38-20-14-11-17-32(38)23-41(6)7/h10-21H,22-27H2,1-9H3. The quantitative estimate of drug-likeness (QED) is 0.166. The van der Waals surface area contributed by atoms with Crippen LogP contribution in [0.2, 0.25) is 0 Å². The first kappa shape index (κ1) is 36.2. The van der Waals surface area contributed by atoms with E-state index < -0.39 is 0 Å². The topological polar surface area (TPSA) is 9.72 Å². The SMILES string of the molecule is Cc1c(C[Se]c2ccccc2CN(C)C)c(C)c(C[Se]c2ccccc2CN(C)C)c(C)c1C[Se]c1ccccc1CN(C)C. The van der Waals surface area contributed by atoms with Crippen LogP contribution in [0.5, 0.6) is 0 Å². The molecule has 4 aromatic carbocycles. The molecule has 45 heavy (non-hydrogen) atoms. The molecule has 0 spiro atoms. The maximum atomic E-state index is 2.43. The fourth-order valence-electron chi connectivity index (χ4n) is 5.84. The van der Waals surface area contributed by atoms with Gasteiger partial charge >= 0.3 is 294 Å². The summed E-state index contributed by atoms with van der Waals surface area (Å²) in [5.41, 5.74) is 13.9. The van der Waals surface area contributed by atoms with Gasteiger partial charge in [-0.15, -0.1) is 0 Å². The van der Waals surface area contributed by atoms with Crippen LogP contribution in [0.3, 0.4) is 0 Å². The molecule has 0 aliphatic heterocycles. The van der Waals surface area contributed by atoms with Gasteiger partial charge in [0.2, 0.25) is 0 Å². The molecule has 0 aromatic heterocycles. The molecular formula is C39H51N3Se3. The molecule has 0 atom stereocenters. The molecule has 6 heteroatoms. The van der Waals surface area contributed by atoms with Gasteiger partial charge in [0.25, 0.3) is 0 Å². The second kappa shape index (κ2) is 17.5. The van der Waals surface area contributed by atoms with Crippen molar-refractivity contribution in [3.8, 4) is 0 Å². The molecule has 0 N–H and O–H groups in total. The van der Waals surface area contributed by atoms with E-state index in [0.717, 1.165) is 35.6 Å². The molecule has 0 amide bonds. The van der Waals surface area contributed by atoms with Crippen molar-refractivity contribution in [2.45, 2.75) is 56.4 Å². The summed E-state index contributed by atoms with van der Waals surface area (Å²) < 4.78 is 4.64. The zero-order chi connectivity index (χ0) is 32.5. The van der Waals surface area contributed by atoms with Crippen LogP contribution in [0.25, 0.3) is 0 Å². The zero-order valence-corrected chi connectivity index (χ0v) is 33.9. The summed E-state index contributed by atoms with van der Waals surface area (Å²) in [5, 5.41) is 3.47. The third kappa shape index (κ3) is 10.2. The summed E-state index contributed by atoms with van der Waals surface area (Å²) in [6, 6.07) is 27.4. The third-order valence-electron chi connectivity index (χ3n) is 8.21. The van der Waals surface area contributed by atoms with E-state index in [-0.39, 0.29) is 0 Å². The molecule has 0 bridgehead atoms. The summed E-state index contributed by atoms with van der Waals surface area (Å²) in [6.45, 7) is 10.3. The van der Waals surface area contributed by atoms with Gasteiger partial charge in [-0.05, 0) is 0 Å². The van der Waals surface area contributed by atoms with Gasteiger partial charge in [-0.3, -0.25) is 0 Å². The predicted octanol–water partition coefficient (Wildman–Crippen LogP) is 4.39. The van der Waals surface area contributed by atoms with E-state index in [1.54, 1.807) is 46.8 Å². The van der Waals surface area contributed by atoms with Crippen molar-refractivity contribution >= 4 is 58.3 Å². The zero-order valence-electron chi connectivity index (χ0n) is 28.7. The van der Waals surface area contributed by atoms with Crippen LogP contribution < -0.4 is 13.4 Å². The predicted molar refractivity (Wildman–Crippen MR) is 199 cm³/mol. The maximum absolute atomic E-state index is 2.43. The molecule has 0 heterocycles. The number of benzene rings is 4. The molecule has 0 aliphatic carbocycles. The van der Waals surface area contributed by atoms with Crippen LogP contribution in [0, 0.1) is 20.8 Å². The van der Waals surface area contributed by atoms with E-state index in [2.05, 4.69) is 151 Å². The summed E-state index contributed by atoms with van der Waals surface area (Å²) in [5.74, 6) is 0. The average molecular weight is 799 g/mol. The molecule has 240 valence electrons. The molecule has 0 saturated heterocycles. The first-order valence-electron chi connectivity index (χ1n) is 15.7. The second-order valence-corrected chi connectivity index (χ2v) is 19.1. The van der Waals surface area contributed by atoms with Gasteiger partial charge in [-0.25, -0.2) is 0 Å². The molecule has 0 saturated carbocycles. The molecule has 4 aromatic rings. The molecule has 0 aliphatic rings. The monoisotopic (exact) mass is 801 g/mol. The number of hydrogen-bond acceptors (Lipinski definition) is 3. The van der Waals surface area contributed by atoms with Gasteiger partial charge in [-0.1, -0.05) is 0 Å². The van der Waals surface area contributed by atoms with Crippen molar-refractivity contribution in [2.75, 3.05) is 42.3 Å². The van der Waals surface area contributed by atoms with E-state index >= 15 is 0 Å². The van der Waals surface area contributed by atoms with Crippen molar-refractivity contribution in [2.24, 2.45) is 0 Å². The minimum absolute atomic E-state index is 0.388. The van der Waals surface area contributed by atoms with Crippen molar-refractivity contribution in [3.63, 3.8) is 0 Å². The second-order valence-electron chi connectivity index (χ2n) is 12.7. The number of hydrogen-bond donors (Lipinski definition) is 0. The van der Waals surface area contributed by atoms with E-state index in [9.17, 15) is 0 Å². The Morgan fingerprint density at radius 3 is 0.889 bits per heavy atom. The number of nitrogens with zero attached hydrogens (tertiary/aromatic N) is 3. The normalized spacial score (nSPS) is 11.7. The Kier molecular flexibility index (Phi) is 14.0. The summed E-state index contributed by atoms with van der Waals surface area (Å²) in [4.78, 5) is 6.87. The van der Waals surface area contributed by atoms with Crippen LogP contribution in [-0.2, 0) is 35.6 Å². The van der Waals surface area contributed by atoms with Crippen molar-refractivity contribution in [3.05, 3.63) is 123 Å². The first-order chi connectivity index (χ1) is 21.5. The van der Waals surface area contributed by atoms with Gasteiger partial charge in [0.15, 0.2) is 0 Å². The van der Waals surface area contributed by atoms with Crippen LogP contribution in [-0.4, -0.2) is 102 Å². The molecule has 0 unspecified atom stereocenters. The van der Waals surface area contributed by atoms with Gasteiger partial charge in [0.1, 0.15) is 0 Å². The minimum atomic E-state index is 0.388. The fourth-order valence-corrected chi connectivity index (χ4v) is 13.6. The molecule has 3 nitrogen and oxygen atoms in total. The van der Waals surface area contributed by atoms with Gasteiger partial charge in [0.05, 0.1) is 0 Å². The Labute approximate surface area is 292 Å². The molecule has 4 rings (SSSR count). The third-order valence-corrected chi connectivity index (χ3v) is 15.4. The molecule has 0 fully saturated rings. The Morgan fingerprint density at radius 2 is 0.644 bits per heavy atom. The van der Waals surface area contributed by atoms with Crippen molar-refractivity contribution in [1.29, 1.82) is 0 Å². The number of rotatable bonds is 15. The fraction of sp³-hybridized carbons (Fsp3) is 0.385. The van der Waals surface area contributed by atoms with Crippen molar-refractivity contribution in [1.82, 2.24) is 14.7 Å². The van der Waals surface area contributed by atoms with Gasteiger partial charge in [0, 0.05) is 0 Å². The van der Waals surface area contributed by atoms with Crippen LogP contribution in [0.4, 0.5) is 0 Å². The summed E-state index contributed by atoms with van der Waals surface area (Å²) in [6.07, 6.45) is 0. The van der Waals surface area contributed by atoms with Gasteiger partial charge < -0.3 is 0 Å². The van der Waals surface area contributed by atoms with Crippen LogP contribution >= 0.6 is 0 Å². The van der Waals surface area contributed by atoms with Crippen molar-refractivity contribution < 1.29 is 0 Å². The van der Waals surface area contributed by atoms with Crippen LogP contribution in [0.15, 0.2) is 72.8 Å². The average Bonchev–Trinajstić information content (AvgIpc) is 2.98. The molecule has 0 radical (unpaired) electrons. The van der Waals surface area contributed by atoms with E-state index in [1.807, 2.05) is 0 Å².